The number of nitrogens with zero attached hydrogens (tertiary/aromatic N) is 2. The zero-order chi connectivity index (χ0) is 11.4. The van der Waals surface area contributed by atoms with Crippen molar-refractivity contribution in [1.29, 1.82) is 0 Å². The second-order valence-electron chi connectivity index (χ2n) is 3.73. The third-order valence-corrected chi connectivity index (χ3v) is 2.44. The monoisotopic (exact) mass is 209 g/mol. The van der Waals surface area contributed by atoms with Gasteiger partial charge in [-0.25, -0.2) is 0 Å². The van der Waals surface area contributed by atoms with Crippen LogP contribution >= 0.6 is 0 Å². The minimum atomic E-state index is -0.393. The highest BCUT2D eigenvalue weighted by Gasteiger charge is 2.13. The summed E-state index contributed by atoms with van der Waals surface area (Å²) in [6, 6.07) is 1.60. The van der Waals surface area contributed by atoms with E-state index in [1.165, 1.54) is 0 Å². The molecule has 15 heavy (non-hydrogen) atoms. The number of Topliss-reactive ketones (excluding diaryl/α,β-unsaturated/α-hetero) is 1. The molecule has 4 heteroatoms. The molecule has 84 valence electrons. The van der Waals surface area contributed by atoms with Crippen LogP contribution in [0, 0.1) is 0 Å². The van der Waals surface area contributed by atoms with Crippen molar-refractivity contribution >= 4 is 5.78 Å². The first-order chi connectivity index (χ1) is 7.08. The van der Waals surface area contributed by atoms with E-state index in [9.17, 15) is 4.79 Å². The Labute approximate surface area is 90.5 Å². The van der Waals surface area contributed by atoms with Crippen LogP contribution in [0.2, 0.25) is 0 Å². The Morgan fingerprint density at radius 1 is 1.60 bits per heavy atom. The molecule has 1 unspecified atom stereocenters. The van der Waals surface area contributed by atoms with E-state index in [2.05, 4.69) is 12.0 Å². The van der Waals surface area contributed by atoms with Gasteiger partial charge >= 0.3 is 0 Å². The summed E-state index contributed by atoms with van der Waals surface area (Å²) in [6.45, 7) is 6.59. The number of aryl methyl sites for hydroxylation is 2. The van der Waals surface area contributed by atoms with E-state index < -0.39 is 6.04 Å². The van der Waals surface area contributed by atoms with Gasteiger partial charge in [0.25, 0.3) is 0 Å². The van der Waals surface area contributed by atoms with Gasteiger partial charge in [-0.2, -0.15) is 5.10 Å². The Balaban J connectivity index is 2.83. The van der Waals surface area contributed by atoms with Crippen LogP contribution in [0.5, 0.6) is 0 Å². The maximum absolute atomic E-state index is 11.5. The van der Waals surface area contributed by atoms with E-state index in [0.717, 1.165) is 24.4 Å². The average Bonchev–Trinajstić information content (AvgIpc) is 2.60. The Morgan fingerprint density at radius 3 is 2.73 bits per heavy atom. The second-order valence-corrected chi connectivity index (χ2v) is 3.73. The van der Waals surface area contributed by atoms with Crippen molar-refractivity contribution in [2.24, 2.45) is 5.73 Å². The standard InChI is InChI=1S/C11H19N3O/c1-4-9-6-10(14(5-2)13-9)7-11(15)8(3)12/h6,8H,4-5,7,12H2,1-3H3. The van der Waals surface area contributed by atoms with Crippen LogP contribution < -0.4 is 5.73 Å². The van der Waals surface area contributed by atoms with Crippen LogP contribution in [0.3, 0.4) is 0 Å². The van der Waals surface area contributed by atoms with E-state index in [1.54, 1.807) is 6.92 Å². The van der Waals surface area contributed by atoms with Gasteiger partial charge < -0.3 is 5.73 Å². The molecule has 0 aliphatic rings. The van der Waals surface area contributed by atoms with E-state index in [0.29, 0.717) is 6.42 Å². The van der Waals surface area contributed by atoms with E-state index in [-0.39, 0.29) is 5.78 Å². The van der Waals surface area contributed by atoms with Crippen LogP contribution in [-0.2, 0) is 24.2 Å². The van der Waals surface area contributed by atoms with Crippen molar-refractivity contribution in [2.75, 3.05) is 0 Å². The molecule has 1 aromatic heterocycles. The number of carbonyl (C=O) groups is 1. The number of ketones is 1. The highest BCUT2D eigenvalue weighted by Crippen LogP contribution is 2.07. The molecule has 2 N–H and O–H groups in total. The summed E-state index contributed by atoms with van der Waals surface area (Å²) < 4.78 is 1.87. The molecule has 0 fully saturated rings. The first-order valence-corrected chi connectivity index (χ1v) is 5.42. The summed E-state index contributed by atoms with van der Waals surface area (Å²) in [5, 5.41) is 4.38. The lowest BCUT2D eigenvalue weighted by molar-refractivity contribution is -0.119. The SMILES string of the molecule is CCc1cc(CC(=O)C(C)N)n(CC)n1. The van der Waals surface area contributed by atoms with E-state index in [4.69, 9.17) is 5.73 Å². The normalized spacial score (nSPS) is 12.8. The number of nitrogens with two attached hydrogens (primary N) is 1. The molecule has 0 aliphatic heterocycles. The number of aromatic nitrogens is 2. The fourth-order valence-electron chi connectivity index (χ4n) is 1.44. The molecule has 1 aromatic rings. The van der Waals surface area contributed by atoms with E-state index in [1.807, 2.05) is 17.7 Å². The molecule has 0 radical (unpaired) electrons. The Morgan fingerprint density at radius 2 is 2.27 bits per heavy atom. The van der Waals surface area contributed by atoms with Gasteiger partial charge in [0.05, 0.1) is 11.7 Å². The van der Waals surface area contributed by atoms with E-state index >= 15 is 0 Å². The Bertz CT molecular complexity index is 342. The molecule has 0 spiro atoms. The lowest BCUT2D eigenvalue weighted by Crippen LogP contribution is -2.28. The molecule has 4 nitrogen and oxygen atoms in total. The molecule has 1 atom stereocenters. The maximum atomic E-state index is 11.5. The molecule has 0 aliphatic carbocycles. The molecule has 0 bridgehead atoms. The minimum absolute atomic E-state index is 0.0623. The van der Waals surface area contributed by atoms with Crippen LogP contribution in [0.1, 0.15) is 32.2 Å². The molecule has 0 amide bonds. The van der Waals surface area contributed by atoms with Gasteiger partial charge in [-0.3, -0.25) is 9.48 Å². The van der Waals surface area contributed by atoms with Gasteiger partial charge in [0, 0.05) is 18.7 Å². The highest BCUT2D eigenvalue weighted by atomic mass is 16.1. The topological polar surface area (TPSA) is 60.9 Å². The summed E-state index contributed by atoms with van der Waals surface area (Å²) >= 11 is 0. The molecule has 0 aromatic carbocycles. The molecule has 0 saturated heterocycles. The Kier molecular flexibility index (Phi) is 4.03. The molecular weight excluding hydrogens is 190 g/mol. The number of rotatable bonds is 5. The van der Waals surface area contributed by atoms with Crippen LogP contribution in [-0.4, -0.2) is 21.6 Å². The predicted molar refractivity (Wildman–Crippen MR) is 59.6 cm³/mol. The van der Waals surface area contributed by atoms with Crippen LogP contribution in [0.4, 0.5) is 0 Å². The molecule has 1 rings (SSSR count). The zero-order valence-corrected chi connectivity index (χ0v) is 9.66. The zero-order valence-electron chi connectivity index (χ0n) is 9.66. The Hall–Kier alpha value is -1.16. The quantitative estimate of drug-likeness (QED) is 0.784. The summed E-state index contributed by atoms with van der Waals surface area (Å²) in [4.78, 5) is 11.5. The van der Waals surface area contributed by atoms with Gasteiger partial charge in [0.2, 0.25) is 0 Å². The first kappa shape index (κ1) is 11.9. The maximum Gasteiger partial charge on any atom is 0.155 e. The smallest absolute Gasteiger partial charge is 0.155 e. The van der Waals surface area contributed by atoms with Crippen molar-refractivity contribution in [1.82, 2.24) is 9.78 Å². The average molecular weight is 209 g/mol. The van der Waals surface area contributed by atoms with Gasteiger partial charge in [-0.15, -0.1) is 0 Å². The molecular formula is C11H19N3O. The van der Waals surface area contributed by atoms with Crippen molar-refractivity contribution in [3.05, 3.63) is 17.5 Å². The van der Waals surface area contributed by atoms with Gasteiger partial charge in [0.1, 0.15) is 0 Å². The second kappa shape index (κ2) is 5.07. The third kappa shape index (κ3) is 2.89. The largest absolute Gasteiger partial charge is 0.322 e. The van der Waals surface area contributed by atoms with Crippen molar-refractivity contribution < 1.29 is 4.79 Å². The first-order valence-electron chi connectivity index (χ1n) is 5.42. The van der Waals surface area contributed by atoms with Crippen LogP contribution in [0.25, 0.3) is 0 Å². The summed E-state index contributed by atoms with van der Waals surface area (Å²) in [5.41, 5.74) is 7.54. The fourth-order valence-corrected chi connectivity index (χ4v) is 1.44. The third-order valence-electron chi connectivity index (χ3n) is 2.44. The lowest BCUT2D eigenvalue weighted by Gasteiger charge is -2.05. The number of hydrogen-bond donors (Lipinski definition) is 1. The minimum Gasteiger partial charge on any atom is -0.322 e. The summed E-state index contributed by atoms with van der Waals surface area (Å²) in [6.07, 6.45) is 1.28. The van der Waals surface area contributed by atoms with Crippen molar-refractivity contribution in [3.8, 4) is 0 Å². The van der Waals surface area contributed by atoms with Crippen molar-refractivity contribution in [2.45, 2.75) is 46.2 Å². The van der Waals surface area contributed by atoms with Crippen molar-refractivity contribution in [3.63, 3.8) is 0 Å². The molecule has 0 saturated carbocycles. The van der Waals surface area contributed by atoms with Gasteiger partial charge in [-0.05, 0) is 26.3 Å². The van der Waals surface area contributed by atoms with Gasteiger partial charge in [-0.1, -0.05) is 6.92 Å². The summed E-state index contributed by atoms with van der Waals surface area (Å²) in [7, 11) is 0. The fraction of sp³-hybridized carbons (Fsp3) is 0.636. The summed E-state index contributed by atoms with van der Waals surface area (Å²) in [5.74, 6) is 0.0623. The molecule has 1 heterocycles. The number of carbonyl (C=O) groups excluding carboxylic acids is 1. The number of hydrogen-bond acceptors (Lipinski definition) is 3. The predicted octanol–water partition coefficient (Wildman–Crippen LogP) is 0.924. The van der Waals surface area contributed by atoms with Crippen LogP contribution in [0.15, 0.2) is 6.07 Å². The highest BCUT2D eigenvalue weighted by molar-refractivity contribution is 5.85. The van der Waals surface area contributed by atoms with Gasteiger partial charge in [0.15, 0.2) is 5.78 Å². The lowest BCUT2D eigenvalue weighted by atomic mass is 10.1.